The van der Waals surface area contributed by atoms with Gasteiger partial charge >= 0.3 is 6.18 Å². The summed E-state index contributed by atoms with van der Waals surface area (Å²) < 4.78 is 38.3. The van der Waals surface area contributed by atoms with Gasteiger partial charge in [0, 0.05) is 32.6 Å². The first-order valence-electron chi connectivity index (χ1n) is 9.44. The summed E-state index contributed by atoms with van der Waals surface area (Å²) in [7, 11) is 2.61. The number of rotatable bonds is 8. The van der Waals surface area contributed by atoms with Crippen molar-refractivity contribution in [3.8, 4) is 0 Å². The maximum Gasteiger partial charge on any atom is 0.397 e. The molecule has 0 fully saturated rings. The number of benzene rings is 2. The molecule has 0 saturated carbocycles. The molecule has 0 bridgehead atoms. The Labute approximate surface area is 193 Å². The van der Waals surface area contributed by atoms with Crippen molar-refractivity contribution in [3.05, 3.63) is 69.7 Å². The third-order valence-corrected chi connectivity index (χ3v) is 5.86. The molecular weight excluding hydrogens is 468 g/mol. The normalized spacial score (nSPS) is 13.2. The van der Waals surface area contributed by atoms with E-state index in [9.17, 15) is 27.6 Å². The number of hydrogen-bond acceptors (Lipinski definition) is 3. The van der Waals surface area contributed by atoms with Crippen molar-refractivity contribution in [2.24, 2.45) is 0 Å². The second-order valence-electron chi connectivity index (χ2n) is 7.30. The maximum absolute atomic E-state index is 13.2. The van der Waals surface area contributed by atoms with Crippen LogP contribution in [0.3, 0.4) is 0 Å². The van der Waals surface area contributed by atoms with E-state index in [-0.39, 0.29) is 23.0 Å². The minimum Gasteiger partial charge on any atom is -0.343 e. The standard InChI is InChI=1S/C22H21Cl2F3N2O3/c1-28(19(31)13-22(25,26)27)14-21(10-11-30,16-8-9-17(23)18(24)12-16)29(2)20(32)15-6-4-3-5-7-15/h3-9,11-12H,10,13-14H2,1-2H3/t21-/m1/s1. The number of carbonyl (C=O) groups is 3. The van der Waals surface area contributed by atoms with Crippen LogP contribution in [-0.2, 0) is 15.1 Å². The highest BCUT2D eigenvalue weighted by molar-refractivity contribution is 6.42. The number of hydrogen-bond donors (Lipinski definition) is 0. The Hall–Kier alpha value is -2.58. The molecule has 0 aliphatic carbocycles. The zero-order chi connectivity index (χ0) is 24.1. The molecule has 0 aliphatic rings. The molecule has 32 heavy (non-hydrogen) atoms. The summed E-state index contributed by atoms with van der Waals surface area (Å²) >= 11 is 12.2. The van der Waals surface area contributed by atoms with Crippen molar-refractivity contribution < 1.29 is 27.6 Å². The number of carbonyl (C=O) groups excluding carboxylic acids is 3. The highest BCUT2D eigenvalue weighted by Crippen LogP contribution is 2.36. The quantitative estimate of drug-likeness (QED) is 0.493. The maximum atomic E-state index is 13.2. The van der Waals surface area contributed by atoms with E-state index in [2.05, 4.69) is 0 Å². The van der Waals surface area contributed by atoms with E-state index in [1.165, 1.54) is 37.2 Å². The van der Waals surface area contributed by atoms with Crippen LogP contribution in [0, 0.1) is 0 Å². The highest BCUT2D eigenvalue weighted by atomic mass is 35.5. The lowest BCUT2D eigenvalue weighted by Gasteiger charge is -2.44. The molecule has 10 heteroatoms. The van der Waals surface area contributed by atoms with Crippen LogP contribution in [0.2, 0.25) is 10.0 Å². The largest absolute Gasteiger partial charge is 0.397 e. The van der Waals surface area contributed by atoms with E-state index in [1.54, 1.807) is 30.3 Å². The summed E-state index contributed by atoms with van der Waals surface area (Å²) in [4.78, 5) is 39.3. The molecule has 0 N–H and O–H groups in total. The summed E-state index contributed by atoms with van der Waals surface area (Å²) in [6.07, 6.45) is -6.13. The topological polar surface area (TPSA) is 57.7 Å². The third kappa shape index (κ3) is 6.01. The number of likely N-dealkylation sites (N-methyl/N-ethyl adjacent to an activating group) is 2. The average Bonchev–Trinajstić information content (AvgIpc) is 2.73. The zero-order valence-electron chi connectivity index (χ0n) is 17.3. The van der Waals surface area contributed by atoms with Crippen LogP contribution in [0.15, 0.2) is 48.5 Å². The van der Waals surface area contributed by atoms with Crippen LogP contribution in [0.4, 0.5) is 13.2 Å². The predicted molar refractivity (Wildman–Crippen MR) is 116 cm³/mol. The molecule has 2 amide bonds. The lowest BCUT2D eigenvalue weighted by Crippen LogP contribution is -2.55. The second kappa shape index (κ2) is 10.4. The van der Waals surface area contributed by atoms with Crippen LogP contribution in [0.1, 0.15) is 28.8 Å². The molecule has 2 rings (SSSR count). The van der Waals surface area contributed by atoms with Crippen LogP contribution < -0.4 is 0 Å². The number of halogens is 5. The summed E-state index contributed by atoms with van der Waals surface area (Å²) in [5.74, 6) is -1.69. The lowest BCUT2D eigenvalue weighted by molar-refractivity contribution is -0.161. The molecule has 0 radical (unpaired) electrons. The van der Waals surface area contributed by atoms with Gasteiger partial charge in [0.05, 0.1) is 15.6 Å². The van der Waals surface area contributed by atoms with Gasteiger partial charge in [0.15, 0.2) is 0 Å². The number of aldehydes is 1. The smallest absolute Gasteiger partial charge is 0.343 e. The van der Waals surface area contributed by atoms with Crippen molar-refractivity contribution in [3.63, 3.8) is 0 Å². The van der Waals surface area contributed by atoms with Crippen LogP contribution in [0.25, 0.3) is 0 Å². The zero-order valence-corrected chi connectivity index (χ0v) is 18.8. The molecule has 2 aromatic rings. The minimum absolute atomic E-state index is 0.129. The van der Waals surface area contributed by atoms with Gasteiger partial charge in [-0.1, -0.05) is 47.5 Å². The molecule has 172 valence electrons. The third-order valence-electron chi connectivity index (χ3n) is 5.12. The molecule has 0 aromatic heterocycles. The van der Waals surface area contributed by atoms with Crippen molar-refractivity contribution >= 4 is 41.3 Å². The second-order valence-corrected chi connectivity index (χ2v) is 8.12. The van der Waals surface area contributed by atoms with Crippen molar-refractivity contribution in [2.45, 2.75) is 24.6 Å². The van der Waals surface area contributed by atoms with E-state index in [4.69, 9.17) is 23.2 Å². The molecule has 0 unspecified atom stereocenters. The monoisotopic (exact) mass is 488 g/mol. The molecule has 1 atom stereocenters. The van der Waals surface area contributed by atoms with Gasteiger partial charge in [0.25, 0.3) is 5.91 Å². The van der Waals surface area contributed by atoms with Gasteiger partial charge in [-0.05, 0) is 29.8 Å². The van der Waals surface area contributed by atoms with Crippen LogP contribution in [-0.4, -0.2) is 54.7 Å². The summed E-state index contributed by atoms with van der Waals surface area (Å²) in [5.41, 5.74) is -0.856. The Morgan fingerprint density at radius 1 is 1.00 bits per heavy atom. The first-order chi connectivity index (χ1) is 14.9. The van der Waals surface area contributed by atoms with Gasteiger partial charge in [-0.15, -0.1) is 0 Å². The SMILES string of the molecule is CN(C[C@](CC=O)(c1ccc(Cl)c(Cl)c1)N(C)C(=O)c1ccccc1)C(=O)CC(F)(F)F. The first kappa shape index (κ1) is 25.7. The molecule has 0 heterocycles. The Morgan fingerprint density at radius 3 is 2.16 bits per heavy atom. The predicted octanol–water partition coefficient (Wildman–Crippen LogP) is 4.96. The highest BCUT2D eigenvalue weighted by Gasteiger charge is 2.43. The average molecular weight is 489 g/mol. The van der Waals surface area contributed by atoms with Gasteiger partial charge in [-0.25, -0.2) is 0 Å². The van der Waals surface area contributed by atoms with Gasteiger partial charge in [-0.2, -0.15) is 13.2 Å². The van der Waals surface area contributed by atoms with E-state index in [0.29, 0.717) is 17.4 Å². The Kier molecular flexibility index (Phi) is 8.31. The Bertz CT molecular complexity index is 986. The number of amides is 2. The fourth-order valence-corrected chi connectivity index (χ4v) is 3.69. The van der Waals surface area contributed by atoms with Gasteiger partial charge in [0.2, 0.25) is 5.91 Å². The molecule has 0 aliphatic heterocycles. The molecule has 5 nitrogen and oxygen atoms in total. The number of nitrogens with zero attached hydrogens (tertiary/aromatic N) is 2. The van der Waals surface area contributed by atoms with E-state index in [0.717, 1.165) is 4.90 Å². The molecule has 2 aromatic carbocycles. The lowest BCUT2D eigenvalue weighted by atomic mass is 9.84. The van der Waals surface area contributed by atoms with Crippen molar-refractivity contribution in [1.29, 1.82) is 0 Å². The van der Waals surface area contributed by atoms with E-state index >= 15 is 0 Å². The first-order valence-corrected chi connectivity index (χ1v) is 10.2. The van der Waals surface area contributed by atoms with Crippen molar-refractivity contribution in [2.75, 3.05) is 20.6 Å². The van der Waals surface area contributed by atoms with Gasteiger partial charge in [0.1, 0.15) is 12.7 Å². The van der Waals surface area contributed by atoms with Crippen LogP contribution in [0.5, 0.6) is 0 Å². The molecular formula is C22H21Cl2F3N2O3. The van der Waals surface area contributed by atoms with E-state index < -0.39 is 30.0 Å². The summed E-state index contributed by atoms with van der Waals surface area (Å²) in [6.45, 7) is -0.381. The Morgan fingerprint density at radius 2 is 1.62 bits per heavy atom. The fraction of sp³-hybridized carbons (Fsp3) is 0.318. The van der Waals surface area contributed by atoms with Crippen molar-refractivity contribution in [1.82, 2.24) is 9.80 Å². The van der Waals surface area contributed by atoms with Gasteiger partial charge < -0.3 is 14.6 Å². The molecule has 0 spiro atoms. The van der Waals surface area contributed by atoms with Gasteiger partial charge in [-0.3, -0.25) is 9.59 Å². The fourth-order valence-electron chi connectivity index (χ4n) is 3.39. The number of alkyl halides is 3. The summed E-state index contributed by atoms with van der Waals surface area (Å²) in [5, 5.41) is 0.346. The Balaban J connectivity index is 2.59. The van der Waals surface area contributed by atoms with Crippen LogP contribution >= 0.6 is 23.2 Å². The summed E-state index contributed by atoms with van der Waals surface area (Å²) in [6, 6.07) is 12.6. The minimum atomic E-state index is -4.70. The molecule has 0 saturated heterocycles. The van der Waals surface area contributed by atoms with E-state index in [1.807, 2.05) is 0 Å².